The van der Waals surface area contributed by atoms with Gasteiger partial charge in [-0.2, -0.15) is 0 Å². The van der Waals surface area contributed by atoms with Gasteiger partial charge in [0.05, 0.1) is 12.6 Å². The molecule has 0 heterocycles. The van der Waals surface area contributed by atoms with E-state index in [1.165, 1.54) is 0 Å². The van der Waals surface area contributed by atoms with Crippen molar-refractivity contribution in [2.75, 3.05) is 6.61 Å². The van der Waals surface area contributed by atoms with Crippen LogP contribution in [0, 0.1) is 11.3 Å². The standard InChI is InChI=1S/C20H32N2O3/c1-6-15(13-14-11-9-8-10-12-14)16(19(24)25-7-2)22-18(23)17(21)20(3,4)5/h8-12,15-17H,6-7,13,21H2,1-5H3,(H,22,23)/t15-,16+,17-/m1/s1. The SMILES string of the molecule is CCOC(=O)[C@@H](NC(=O)[C@@H](N)C(C)(C)C)[C@H](CC)Cc1ccccc1. The molecule has 0 aromatic heterocycles. The first kappa shape index (κ1) is 21.2. The lowest BCUT2D eigenvalue weighted by Crippen LogP contribution is -2.55. The van der Waals surface area contributed by atoms with Crippen molar-refractivity contribution in [3.8, 4) is 0 Å². The number of esters is 1. The lowest BCUT2D eigenvalue weighted by Gasteiger charge is -2.30. The smallest absolute Gasteiger partial charge is 0.328 e. The molecule has 0 aliphatic carbocycles. The minimum Gasteiger partial charge on any atom is -0.464 e. The molecule has 1 aromatic rings. The van der Waals surface area contributed by atoms with Crippen LogP contribution in [0.4, 0.5) is 0 Å². The van der Waals surface area contributed by atoms with E-state index < -0.39 is 18.1 Å². The van der Waals surface area contributed by atoms with Crippen molar-refractivity contribution in [1.82, 2.24) is 5.32 Å². The van der Waals surface area contributed by atoms with Crippen LogP contribution in [-0.4, -0.2) is 30.6 Å². The Bertz CT molecular complexity index is 552. The summed E-state index contributed by atoms with van der Waals surface area (Å²) in [5.41, 5.74) is 6.79. The molecule has 0 fully saturated rings. The second-order valence-electron chi connectivity index (χ2n) is 7.44. The Morgan fingerprint density at radius 1 is 1.16 bits per heavy atom. The van der Waals surface area contributed by atoms with E-state index in [1.54, 1.807) is 6.92 Å². The van der Waals surface area contributed by atoms with Crippen LogP contribution in [0.2, 0.25) is 0 Å². The number of ether oxygens (including phenoxy) is 1. The molecule has 0 radical (unpaired) electrons. The van der Waals surface area contributed by atoms with Crippen LogP contribution >= 0.6 is 0 Å². The number of rotatable bonds is 8. The molecule has 1 rings (SSSR count). The van der Waals surface area contributed by atoms with E-state index in [-0.39, 0.29) is 23.8 Å². The second kappa shape index (κ2) is 9.56. The number of nitrogens with two attached hydrogens (primary N) is 1. The van der Waals surface area contributed by atoms with Crippen LogP contribution in [0.3, 0.4) is 0 Å². The maximum absolute atomic E-state index is 12.5. The number of hydrogen-bond donors (Lipinski definition) is 2. The molecule has 0 aliphatic heterocycles. The molecule has 3 atom stereocenters. The van der Waals surface area contributed by atoms with E-state index in [2.05, 4.69) is 5.32 Å². The van der Waals surface area contributed by atoms with E-state index >= 15 is 0 Å². The van der Waals surface area contributed by atoms with Gasteiger partial charge in [0.25, 0.3) is 0 Å². The monoisotopic (exact) mass is 348 g/mol. The van der Waals surface area contributed by atoms with Crippen molar-refractivity contribution in [3.05, 3.63) is 35.9 Å². The van der Waals surface area contributed by atoms with E-state index in [0.29, 0.717) is 6.42 Å². The van der Waals surface area contributed by atoms with Crippen LogP contribution in [0.25, 0.3) is 0 Å². The quantitative estimate of drug-likeness (QED) is 0.708. The highest BCUT2D eigenvalue weighted by Crippen LogP contribution is 2.20. The number of carbonyl (C=O) groups excluding carboxylic acids is 2. The Balaban J connectivity index is 2.97. The summed E-state index contributed by atoms with van der Waals surface area (Å²) < 4.78 is 5.20. The molecule has 0 aliphatic rings. The zero-order valence-corrected chi connectivity index (χ0v) is 16.0. The van der Waals surface area contributed by atoms with Gasteiger partial charge in [0.15, 0.2) is 0 Å². The first-order valence-corrected chi connectivity index (χ1v) is 8.97. The maximum Gasteiger partial charge on any atom is 0.328 e. The summed E-state index contributed by atoms with van der Waals surface area (Å²) in [6.45, 7) is 9.75. The van der Waals surface area contributed by atoms with Gasteiger partial charge in [-0.3, -0.25) is 4.79 Å². The molecule has 5 heteroatoms. The molecule has 0 spiro atoms. The van der Waals surface area contributed by atoms with Crippen LogP contribution in [-0.2, 0) is 20.7 Å². The average Bonchev–Trinajstić information content (AvgIpc) is 2.57. The predicted molar refractivity (Wildman–Crippen MR) is 99.9 cm³/mol. The van der Waals surface area contributed by atoms with E-state index in [9.17, 15) is 9.59 Å². The van der Waals surface area contributed by atoms with E-state index in [4.69, 9.17) is 10.5 Å². The fourth-order valence-electron chi connectivity index (χ4n) is 2.65. The Morgan fingerprint density at radius 3 is 2.24 bits per heavy atom. The first-order valence-electron chi connectivity index (χ1n) is 8.97. The zero-order chi connectivity index (χ0) is 19.0. The summed E-state index contributed by atoms with van der Waals surface area (Å²) in [4.78, 5) is 25.0. The highest BCUT2D eigenvalue weighted by atomic mass is 16.5. The Labute approximate surface area is 151 Å². The van der Waals surface area contributed by atoms with Crippen LogP contribution < -0.4 is 11.1 Å². The lowest BCUT2D eigenvalue weighted by molar-refractivity contribution is -0.149. The van der Waals surface area contributed by atoms with Gasteiger partial charge >= 0.3 is 5.97 Å². The predicted octanol–water partition coefficient (Wildman–Crippen LogP) is 2.68. The highest BCUT2D eigenvalue weighted by Gasteiger charge is 2.34. The Morgan fingerprint density at radius 2 is 1.76 bits per heavy atom. The van der Waals surface area contributed by atoms with Gasteiger partial charge in [-0.1, -0.05) is 64.4 Å². The van der Waals surface area contributed by atoms with Crippen molar-refractivity contribution in [1.29, 1.82) is 0 Å². The lowest BCUT2D eigenvalue weighted by atomic mass is 9.85. The minimum absolute atomic E-state index is 0.0578. The van der Waals surface area contributed by atoms with Gasteiger partial charge in [0.1, 0.15) is 6.04 Å². The van der Waals surface area contributed by atoms with Crippen molar-refractivity contribution in [2.24, 2.45) is 17.1 Å². The van der Waals surface area contributed by atoms with Crippen molar-refractivity contribution in [3.63, 3.8) is 0 Å². The van der Waals surface area contributed by atoms with Gasteiger partial charge in [-0.05, 0) is 30.2 Å². The molecular formula is C20H32N2O3. The van der Waals surface area contributed by atoms with E-state index in [1.807, 2.05) is 58.0 Å². The third-order valence-corrected chi connectivity index (χ3v) is 4.39. The Hall–Kier alpha value is -1.88. The maximum atomic E-state index is 12.5. The molecule has 0 saturated heterocycles. The normalized spacial score (nSPS) is 15.1. The topological polar surface area (TPSA) is 81.4 Å². The summed E-state index contributed by atoms with van der Waals surface area (Å²) in [6, 6.07) is 8.54. The molecule has 3 N–H and O–H groups in total. The molecule has 25 heavy (non-hydrogen) atoms. The van der Waals surface area contributed by atoms with Crippen molar-refractivity contribution < 1.29 is 14.3 Å². The molecule has 140 valence electrons. The van der Waals surface area contributed by atoms with Gasteiger partial charge in [-0.15, -0.1) is 0 Å². The summed E-state index contributed by atoms with van der Waals surface area (Å²) in [5.74, 6) is -0.783. The summed E-state index contributed by atoms with van der Waals surface area (Å²) in [6.07, 6.45) is 1.43. The summed E-state index contributed by atoms with van der Waals surface area (Å²) in [5, 5.41) is 2.84. The van der Waals surface area contributed by atoms with Gasteiger partial charge < -0.3 is 15.8 Å². The molecule has 0 bridgehead atoms. The fourth-order valence-corrected chi connectivity index (χ4v) is 2.65. The number of carbonyl (C=O) groups is 2. The minimum atomic E-state index is -0.703. The third-order valence-electron chi connectivity index (χ3n) is 4.39. The van der Waals surface area contributed by atoms with Gasteiger partial charge in [0.2, 0.25) is 5.91 Å². The van der Waals surface area contributed by atoms with Gasteiger partial charge in [0, 0.05) is 0 Å². The second-order valence-corrected chi connectivity index (χ2v) is 7.44. The third kappa shape index (κ3) is 6.50. The molecule has 0 saturated carbocycles. The molecule has 5 nitrogen and oxygen atoms in total. The largest absolute Gasteiger partial charge is 0.464 e. The number of hydrogen-bond acceptors (Lipinski definition) is 4. The van der Waals surface area contributed by atoms with Gasteiger partial charge in [-0.25, -0.2) is 4.79 Å². The van der Waals surface area contributed by atoms with E-state index in [0.717, 1.165) is 12.0 Å². The fraction of sp³-hybridized carbons (Fsp3) is 0.600. The average molecular weight is 348 g/mol. The van der Waals surface area contributed by atoms with Crippen LogP contribution in [0.1, 0.15) is 46.6 Å². The zero-order valence-electron chi connectivity index (χ0n) is 16.0. The Kier molecular flexibility index (Phi) is 8.10. The summed E-state index contributed by atoms with van der Waals surface area (Å²) in [7, 11) is 0. The molecular weight excluding hydrogens is 316 g/mol. The van der Waals surface area contributed by atoms with Crippen molar-refractivity contribution >= 4 is 11.9 Å². The summed E-state index contributed by atoms with van der Waals surface area (Å²) >= 11 is 0. The molecule has 0 unspecified atom stereocenters. The molecule has 1 aromatic carbocycles. The molecule has 1 amide bonds. The number of nitrogens with one attached hydrogen (secondary N) is 1. The highest BCUT2D eigenvalue weighted by molar-refractivity contribution is 5.88. The first-order chi connectivity index (χ1) is 11.7. The number of benzene rings is 1. The van der Waals surface area contributed by atoms with Crippen LogP contribution in [0.5, 0.6) is 0 Å². The van der Waals surface area contributed by atoms with Crippen molar-refractivity contribution in [2.45, 2.75) is 59.5 Å². The number of amides is 1. The van der Waals surface area contributed by atoms with Crippen LogP contribution in [0.15, 0.2) is 30.3 Å².